The van der Waals surface area contributed by atoms with Crippen molar-refractivity contribution < 1.29 is 13.2 Å². The van der Waals surface area contributed by atoms with Gasteiger partial charge in [0, 0.05) is 28.1 Å². The fourth-order valence-electron chi connectivity index (χ4n) is 1.30. The van der Waals surface area contributed by atoms with Gasteiger partial charge in [0.05, 0.1) is 0 Å². The molecule has 0 heterocycles. The summed E-state index contributed by atoms with van der Waals surface area (Å²) in [5.74, 6) is 0. The normalized spacial score (nSPS) is 10.5. The maximum Gasteiger partial charge on any atom is 0.117 e. The van der Waals surface area contributed by atoms with Crippen LogP contribution in [0.25, 0.3) is 0 Å². The monoisotopic (exact) mass is 204 g/mol. The van der Waals surface area contributed by atoms with Gasteiger partial charge in [-0.2, -0.15) is 0 Å². The van der Waals surface area contributed by atoms with E-state index in [0.29, 0.717) is 0 Å². The minimum absolute atomic E-state index is 0.0159. The lowest BCUT2D eigenvalue weighted by atomic mass is 10.0. The summed E-state index contributed by atoms with van der Waals surface area (Å²) in [7, 11) is 0. The van der Waals surface area contributed by atoms with Gasteiger partial charge in [-0.3, -0.25) is 0 Å². The zero-order valence-electron chi connectivity index (χ0n) is 7.49. The molecule has 4 N–H and O–H groups in total. The van der Waals surface area contributed by atoms with Crippen molar-refractivity contribution in [1.29, 1.82) is 0 Å². The lowest BCUT2D eigenvalue weighted by Crippen LogP contribution is -2.05. The number of rotatable bonds is 3. The number of nitrogen functional groups attached to an aromatic ring is 2. The van der Waals surface area contributed by atoms with Crippen LogP contribution in [-0.2, 0) is 20.0 Å². The van der Waals surface area contributed by atoms with Crippen LogP contribution in [0, 0.1) is 0 Å². The standard InChI is InChI=1S/C9H11F3N2/c10-2-5-1-8(13)6(3-11)7(4-12)9(5)14/h1H,2-4,13-14H2. The summed E-state index contributed by atoms with van der Waals surface area (Å²) in [6.45, 7) is -2.68. The van der Waals surface area contributed by atoms with Gasteiger partial charge in [-0.15, -0.1) is 0 Å². The molecule has 0 saturated carbocycles. The molecule has 0 bridgehead atoms. The van der Waals surface area contributed by atoms with Gasteiger partial charge in [-0.05, 0) is 6.07 Å². The van der Waals surface area contributed by atoms with E-state index in [1.807, 2.05) is 0 Å². The average molecular weight is 204 g/mol. The number of halogens is 3. The predicted octanol–water partition coefficient (Wildman–Crippen LogP) is 2.26. The van der Waals surface area contributed by atoms with Crippen LogP contribution in [0.3, 0.4) is 0 Å². The Morgan fingerprint density at radius 1 is 0.929 bits per heavy atom. The quantitative estimate of drug-likeness (QED) is 0.742. The number of hydrogen-bond acceptors (Lipinski definition) is 2. The maximum absolute atomic E-state index is 12.5. The van der Waals surface area contributed by atoms with Gasteiger partial charge in [-0.25, -0.2) is 13.2 Å². The molecule has 0 fully saturated rings. The minimum Gasteiger partial charge on any atom is -0.398 e. The van der Waals surface area contributed by atoms with Crippen molar-refractivity contribution >= 4 is 11.4 Å². The molecule has 0 unspecified atom stereocenters. The highest BCUT2D eigenvalue weighted by Gasteiger charge is 2.14. The number of hydrogen-bond donors (Lipinski definition) is 2. The maximum atomic E-state index is 12.5. The Morgan fingerprint density at radius 2 is 1.50 bits per heavy atom. The molecule has 1 aromatic rings. The highest BCUT2D eigenvalue weighted by Crippen LogP contribution is 2.29. The zero-order chi connectivity index (χ0) is 10.7. The van der Waals surface area contributed by atoms with Crippen molar-refractivity contribution in [1.82, 2.24) is 0 Å². The first kappa shape index (κ1) is 10.7. The van der Waals surface area contributed by atoms with Crippen LogP contribution in [0.15, 0.2) is 6.07 Å². The Bertz CT molecular complexity index is 339. The molecule has 0 saturated heterocycles. The highest BCUT2D eigenvalue weighted by atomic mass is 19.1. The molecule has 0 aliphatic rings. The Balaban J connectivity index is 3.40. The van der Waals surface area contributed by atoms with Crippen LogP contribution in [0.1, 0.15) is 16.7 Å². The van der Waals surface area contributed by atoms with E-state index in [2.05, 4.69) is 0 Å². The second-order valence-electron chi connectivity index (χ2n) is 2.90. The first-order valence-corrected chi connectivity index (χ1v) is 4.02. The third kappa shape index (κ3) is 1.62. The fraction of sp³-hybridized carbons (Fsp3) is 0.333. The van der Waals surface area contributed by atoms with Crippen LogP contribution in [0.4, 0.5) is 24.5 Å². The van der Waals surface area contributed by atoms with Crippen molar-refractivity contribution in [3.8, 4) is 0 Å². The molecule has 0 aromatic heterocycles. The topological polar surface area (TPSA) is 52.0 Å². The number of nitrogens with two attached hydrogens (primary N) is 2. The van der Waals surface area contributed by atoms with Crippen LogP contribution in [-0.4, -0.2) is 0 Å². The van der Waals surface area contributed by atoms with Crippen molar-refractivity contribution in [3.05, 3.63) is 22.8 Å². The van der Waals surface area contributed by atoms with Crippen LogP contribution >= 0.6 is 0 Å². The molecule has 1 rings (SSSR count). The third-order valence-electron chi connectivity index (χ3n) is 2.12. The van der Waals surface area contributed by atoms with Gasteiger partial charge in [0.15, 0.2) is 0 Å². The largest absolute Gasteiger partial charge is 0.398 e. The Hall–Kier alpha value is -1.39. The SMILES string of the molecule is Nc1cc(CF)c(N)c(CF)c1CF. The molecule has 5 heteroatoms. The van der Waals surface area contributed by atoms with Gasteiger partial charge in [0.25, 0.3) is 0 Å². The first-order chi connectivity index (χ1) is 6.65. The van der Waals surface area contributed by atoms with Gasteiger partial charge in [0.2, 0.25) is 0 Å². The van der Waals surface area contributed by atoms with Gasteiger partial charge < -0.3 is 11.5 Å². The van der Waals surface area contributed by atoms with Crippen LogP contribution in [0.2, 0.25) is 0 Å². The van der Waals surface area contributed by atoms with E-state index < -0.39 is 20.0 Å². The summed E-state index contributed by atoms with van der Waals surface area (Å²) in [4.78, 5) is 0. The smallest absolute Gasteiger partial charge is 0.117 e. The van der Waals surface area contributed by atoms with Gasteiger partial charge in [-0.1, -0.05) is 0 Å². The minimum atomic E-state index is -0.941. The fourth-order valence-corrected chi connectivity index (χ4v) is 1.30. The molecule has 0 atom stereocenters. The number of anilines is 2. The van der Waals surface area contributed by atoms with Crippen molar-refractivity contribution in [2.75, 3.05) is 11.5 Å². The second kappa shape index (κ2) is 4.21. The Kier molecular flexibility index (Phi) is 3.22. The molecule has 0 amide bonds. The van der Waals surface area contributed by atoms with Crippen molar-refractivity contribution in [2.24, 2.45) is 0 Å². The predicted molar refractivity (Wildman–Crippen MR) is 49.7 cm³/mol. The summed E-state index contributed by atoms with van der Waals surface area (Å²) in [5, 5.41) is 0. The van der Waals surface area contributed by atoms with E-state index in [-0.39, 0.29) is 28.1 Å². The van der Waals surface area contributed by atoms with E-state index in [1.165, 1.54) is 6.07 Å². The summed E-state index contributed by atoms with van der Waals surface area (Å²) in [6.07, 6.45) is 0. The Morgan fingerprint density at radius 3 is 1.93 bits per heavy atom. The molecule has 0 radical (unpaired) electrons. The summed E-state index contributed by atoms with van der Waals surface area (Å²) < 4.78 is 37.3. The van der Waals surface area contributed by atoms with Crippen molar-refractivity contribution in [2.45, 2.75) is 20.0 Å². The molecule has 1 aromatic carbocycles. The molecule has 0 aliphatic carbocycles. The lowest BCUT2D eigenvalue weighted by molar-refractivity contribution is 0.453. The summed E-state index contributed by atoms with van der Waals surface area (Å²) >= 11 is 0. The van der Waals surface area contributed by atoms with Crippen molar-refractivity contribution in [3.63, 3.8) is 0 Å². The lowest BCUT2D eigenvalue weighted by Gasteiger charge is -2.12. The summed E-state index contributed by atoms with van der Waals surface area (Å²) in [6, 6.07) is 1.24. The zero-order valence-corrected chi connectivity index (χ0v) is 7.49. The van der Waals surface area contributed by atoms with Crippen LogP contribution < -0.4 is 11.5 Å². The molecule has 2 nitrogen and oxygen atoms in total. The number of alkyl halides is 3. The number of benzene rings is 1. The Labute approximate surface area is 79.7 Å². The highest BCUT2D eigenvalue weighted by molar-refractivity contribution is 5.66. The van der Waals surface area contributed by atoms with E-state index in [9.17, 15) is 13.2 Å². The average Bonchev–Trinajstić information content (AvgIpc) is 2.20. The molecule has 14 heavy (non-hydrogen) atoms. The van der Waals surface area contributed by atoms with E-state index in [0.717, 1.165) is 0 Å². The van der Waals surface area contributed by atoms with E-state index in [4.69, 9.17) is 11.5 Å². The van der Waals surface area contributed by atoms with Crippen LogP contribution in [0.5, 0.6) is 0 Å². The summed E-state index contributed by atoms with van der Waals surface area (Å²) in [5.41, 5.74) is 10.9. The molecular weight excluding hydrogens is 193 g/mol. The van der Waals surface area contributed by atoms with E-state index >= 15 is 0 Å². The first-order valence-electron chi connectivity index (χ1n) is 4.02. The third-order valence-corrected chi connectivity index (χ3v) is 2.12. The molecular formula is C9H11F3N2. The second-order valence-corrected chi connectivity index (χ2v) is 2.90. The van der Waals surface area contributed by atoms with Gasteiger partial charge >= 0.3 is 0 Å². The molecule has 78 valence electrons. The van der Waals surface area contributed by atoms with Gasteiger partial charge in [0.1, 0.15) is 20.0 Å². The van der Waals surface area contributed by atoms with E-state index in [1.54, 1.807) is 0 Å². The molecule has 0 aliphatic heterocycles. The molecule has 0 spiro atoms.